The van der Waals surface area contributed by atoms with Gasteiger partial charge in [0.1, 0.15) is 0 Å². The predicted molar refractivity (Wildman–Crippen MR) is 90.4 cm³/mol. The summed E-state index contributed by atoms with van der Waals surface area (Å²) < 4.78 is 1.44. The van der Waals surface area contributed by atoms with Crippen molar-refractivity contribution in [2.24, 2.45) is 0 Å². The first-order valence-corrected chi connectivity index (χ1v) is 8.02. The molecule has 2 heterocycles. The molecule has 1 aromatic carbocycles. The van der Waals surface area contributed by atoms with Crippen LogP contribution in [0.5, 0.6) is 0 Å². The molecule has 3 rings (SSSR count). The van der Waals surface area contributed by atoms with Gasteiger partial charge in [-0.3, -0.25) is 5.10 Å². The zero-order valence-electron chi connectivity index (χ0n) is 11.2. The lowest BCUT2D eigenvalue weighted by molar-refractivity contribution is 0.891. The van der Waals surface area contributed by atoms with Gasteiger partial charge in [-0.1, -0.05) is 35.3 Å². The van der Waals surface area contributed by atoms with E-state index in [9.17, 15) is 0 Å². The number of hydrogen-bond donors (Lipinski definition) is 2. The van der Waals surface area contributed by atoms with Gasteiger partial charge >= 0.3 is 0 Å². The zero-order chi connectivity index (χ0) is 14.8. The molecular weight excluding hydrogens is 325 g/mol. The summed E-state index contributed by atoms with van der Waals surface area (Å²) in [7, 11) is 0. The number of anilines is 1. The molecular formula is C15H13Cl2N3S. The Labute approximate surface area is 136 Å². The Balaban J connectivity index is 1.74. The average molecular weight is 338 g/mol. The van der Waals surface area contributed by atoms with Gasteiger partial charge in [0.05, 0.1) is 20.4 Å². The summed E-state index contributed by atoms with van der Waals surface area (Å²) >= 11 is 13.6. The van der Waals surface area contributed by atoms with Crippen molar-refractivity contribution in [1.82, 2.24) is 10.2 Å². The fourth-order valence-corrected chi connectivity index (χ4v) is 3.78. The van der Waals surface area contributed by atoms with Crippen LogP contribution in [0, 0.1) is 0 Å². The van der Waals surface area contributed by atoms with Crippen LogP contribution in [-0.2, 0) is 0 Å². The molecule has 0 radical (unpaired) electrons. The number of H-pyrrole nitrogens is 1. The van der Waals surface area contributed by atoms with E-state index in [0.717, 1.165) is 26.8 Å². The van der Waals surface area contributed by atoms with E-state index < -0.39 is 0 Å². The molecule has 0 aliphatic heterocycles. The molecule has 2 N–H and O–H groups in total. The number of nitrogens with one attached hydrogen (secondary N) is 2. The molecule has 1 atom stereocenters. The van der Waals surface area contributed by atoms with Gasteiger partial charge in [-0.05, 0) is 36.8 Å². The number of thiophene rings is 1. The van der Waals surface area contributed by atoms with Crippen LogP contribution < -0.4 is 5.32 Å². The minimum absolute atomic E-state index is 0.0965. The maximum absolute atomic E-state index is 6.18. The lowest BCUT2D eigenvalue weighted by atomic mass is 10.1. The van der Waals surface area contributed by atoms with Crippen LogP contribution in [0.4, 0.5) is 5.69 Å². The molecule has 0 saturated carbocycles. The number of nitrogens with zero attached hydrogens (tertiary/aromatic N) is 1. The average Bonchev–Trinajstić information content (AvgIpc) is 3.09. The number of aromatic nitrogens is 2. The second kappa shape index (κ2) is 6.10. The highest BCUT2D eigenvalue weighted by molar-refractivity contribution is 7.20. The molecule has 0 saturated heterocycles. The topological polar surface area (TPSA) is 40.7 Å². The maximum atomic E-state index is 6.18. The van der Waals surface area contributed by atoms with Gasteiger partial charge in [0.25, 0.3) is 0 Å². The van der Waals surface area contributed by atoms with E-state index in [2.05, 4.69) is 22.4 Å². The fraction of sp³-hybridized carbons (Fsp3) is 0.133. The quantitative estimate of drug-likeness (QED) is 0.648. The molecule has 2 aromatic heterocycles. The van der Waals surface area contributed by atoms with E-state index in [-0.39, 0.29) is 6.04 Å². The molecule has 3 nitrogen and oxygen atoms in total. The fourth-order valence-electron chi connectivity index (χ4n) is 2.14. The summed E-state index contributed by atoms with van der Waals surface area (Å²) in [5.74, 6) is 0. The molecule has 0 aliphatic carbocycles. The Bertz CT molecular complexity index is 720. The lowest BCUT2D eigenvalue weighted by Crippen LogP contribution is -2.05. The smallest absolute Gasteiger partial charge is 0.0996 e. The molecule has 21 heavy (non-hydrogen) atoms. The van der Waals surface area contributed by atoms with Gasteiger partial charge in [-0.15, -0.1) is 11.3 Å². The number of aromatic amines is 1. The molecule has 108 valence electrons. The molecule has 6 heteroatoms. The van der Waals surface area contributed by atoms with Gasteiger partial charge in [0, 0.05) is 17.4 Å². The van der Waals surface area contributed by atoms with Gasteiger partial charge in [0.15, 0.2) is 0 Å². The van der Waals surface area contributed by atoms with Crippen molar-refractivity contribution in [3.8, 4) is 11.3 Å². The van der Waals surface area contributed by atoms with Crippen LogP contribution in [0.1, 0.15) is 18.5 Å². The minimum Gasteiger partial charge on any atom is -0.378 e. The molecule has 3 aromatic rings. The van der Waals surface area contributed by atoms with Crippen molar-refractivity contribution in [2.75, 3.05) is 5.32 Å². The van der Waals surface area contributed by atoms with Crippen LogP contribution in [0.2, 0.25) is 8.67 Å². The Morgan fingerprint density at radius 2 is 1.95 bits per heavy atom. The zero-order valence-corrected chi connectivity index (χ0v) is 13.6. The van der Waals surface area contributed by atoms with Crippen LogP contribution in [-0.4, -0.2) is 10.2 Å². The highest BCUT2D eigenvalue weighted by Gasteiger charge is 2.13. The standard InChI is InChI=1S/C15H13Cl2N3S/c1-9(12-8-14(16)21-15(12)17)19-11-4-2-10(3-5-11)13-6-7-18-20-13/h2-9,19H,1H3,(H,18,20). The van der Waals surface area contributed by atoms with E-state index in [1.54, 1.807) is 6.20 Å². The van der Waals surface area contributed by atoms with Crippen molar-refractivity contribution < 1.29 is 0 Å². The van der Waals surface area contributed by atoms with Crippen molar-refractivity contribution in [2.45, 2.75) is 13.0 Å². The molecule has 0 fully saturated rings. The van der Waals surface area contributed by atoms with E-state index in [1.807, 2.05) is 36.4 Å². The first-order chi connectivity index (χ1) is 10.1. The van der Waals surface area contributed by atoms with Gasteiger partial charge < -0.3 is 5.32 Å². The third-order valence-electron chi connectivity index (χ3n) is 3.23. The number of benzene rings is 1. The highest BCUT2D eigenvalue weighted by atomic mass is 35.5. The van der Waals surface area contributed by atoms with Gasteiger partial charge in [0.2, 0.25) is 0 Å². The van der Waals surface area contributed by atoms with Crippen molar-refractivity contribution >= 4 is 40.2 Å². The summed E-state index contributed by atoms with van der Waals surface area (Å²) in [5.41, 5.74) is 4.15. The van der Waals surface area contributed by atoms with E-state index in [0.29, 0.717) is 4.34 Å². The summed E-state index contributed by atoms with van der Waals surface area (Å²) in [5, 5.41) is 10.3. The normalized spacial score (nSPS) is 12.3. The Hall–Kier alpha value is -1.49. The van der Waals surface area contributed by atoms with E-state index in [1.165, 1.54) is 11.3 Å². The van der Waals surface area contributed by atoms with Crippen LogP contribution in [0.25, 0.3) is 11.3 Å². The van der Waals surface area contributed by atoms with Gasteiger partial charge in [-0.2, -0.15) is 5.10 Å². The number of hydrogen-bond acceptors (Lipinski definition) is 3. The van der Waals surface area contributed by atoms with E-state index >= 15 is 0 Å². The molecule has 0 bridgehead atoms. The van der Waals surface area contributed by atoms with E-state index in [4.69, 9.17) is 23.2 Å². The molecule has 0 amide bonds. The van der Waals surface area contributed by atoms with Crippen molar-refractivity contribution in [1.29, 1.82) is 0 Å². The second-order valence-corrected chi connectivity index (χ2v) is 6.98. The Morgan fingerprint density at radius 3 is 2.52 bits per heavy atom. The van der Waals surface area contributed by atoms with Gasteiger partial charge in [-0.25, -0.2) is 0 Å². The van der Waals surface area contributed by atoms with Crippen LogP contribution in [0.15, 0.2) is 42.6 Å². The summed E-state index contributed by atoms with van der Waals surface area (Å²) in [6, 6.07) is 12.1. The molecule has 1 unspecified atom stereocenters. The number of halogens is 2. The third-order valence-corrected chi connectivity index (χ3v) is 4.75. The largest absolute Gasteiger partial charge is 0.378 e. The molecule has 0 aliphatic rings. The Morgan fingerprint density at radius 1 is 1.19 bits per heavy atom. The highest BCUT2D eigenvalue weighted by Crippen LogP contribution is 2.36. The first-order valence-electron chi connectivity index (χ1n) is 6.44. The minimum atomic E-state index is 0.0965. The van der Waals surface area contributed by atoms with Crippen molar-refractivity contribution in [3.63, 3.8) is 0 Å². The second-order valence-electron chi connectivity index (χ2n) is 4.69. The summed E-state index contributed by atoms with van der Waals surface area (Å²) in [6.07, 6.45) is 1.74. The third kappa shape index (κ3) is 3.23. The Kier molecular flexibility index (Phi) is 4.19. The van der Waals surface area contributed by atoms with Crippen LogP contribution >= 0.6 is 34.5 Å². The molecule has 0 spiro atoms. The monoisotopic (exact) mass is 337 g/mol. The maximum Gasteiger partial charge on any atom is 0.0996 e. The first kappa shape index (κ1) is 14.4. The lowest BCUT2D eigenvalue weighted by Gasteiger charge is -2.15. The summed E-state index contributed by atoms with van der Waals surface area (Å²) in [6.45, 7) is 2.06. The van der Waals surface area contributed by atoms with Crippen LogP contribution in [0.3, 0.4) is 0 Å². The predicted octanol–water partition coefficient (Wildman–Crippen LogP) is 5.62. The van der Waals surface area contributed by atoms with Crippen molar-refractivity contribution in [3.05, 3.63) is 56.8 Å². The number of rotatable bonds is 4. The SMILES string of the molecule is CC(Nc1ccc(-c2ccn[nH]2)cc1)c1cc(Cl)sc1Cl. The summed E-state index contributed by atoms with van der Waals surface area (Å²) in [4.78, 5) is 0.